The molecule has 0 amide bonds. The van der Waals surface area contributed by atoms with Crippen LogP contribution in [0, 0.1) is 0 Å². The molecule has 19 heavy (non-hydrogen) atoms. The highest BCUT2D eigenvalue weighted by atomic mass is 35.5. The Labute approximate surface area is 123 Å². The predicted octanol–water partition coefficient (Wildman–Crippen LogP) is 2.79. The van der Waals surface area contributed by atoms with Crippen molar-refractivity contribution in [2.45, 2.75) is 23.8 Å². The number of rotatable bonds is 4. The summed E-state index contributed by atoms with van der Waals surface area (Å²) in [6, 6.07) is 4.26. The molecule has 4 nitrogen and oxygen atoms in total. The molecule has 0 saturated carbocycles. The third-order valence-corrected chi connectivity index (χ3v) is 5.87. The highest BCUT2D eigenvalue weighted by Crippen LogP contribution is 2.30. The van der Waals surface area contributed by atoms with E-state index in [1.165, 1.54) is 22.5 Å². The monoisotopic (exact) mass is 323 g/mol. The Morgan fingerprint density at radius 3 is 2.74 bits per heavy atom. The van der Waals surface area contributed by atoms with E-state index in [-0.39, 0.29) is 16.0 Å². The second kappa shape index (κ2) is 5.97. The number of methoxy groups -OCH3 is 1. The predicted molar refractivity (Wildman–Crippen MR) is 75.3 cm³/mol. The third-order valence-electron chi connectivity index (χ3n) is 3.18. The summed E-state index contributed by atoms with van der Waals surface area (Å²) in [7, 11) is -1.97. The number of hydrogen-bond acceptors (Lipinski definition) is 3. The van der Waals surface area contributed by atoms with Crippen molar-refractivity contribution >= 4 is 33.2 Å². The second-order valence-corrected chi connectivity index (χ2v) is 7.15. The topological polar surface area (TPSA) is 46.6 Å². The molecule has 0 bridgehead atoms. The van der Waals surface area contributed by atoms with Crippen LogP contribution < -0.4 is 0 Å². The van der Waals surface area contributed by atoms with Gasteiger partial charge in [-0.25, -0.2) is 8.42 Å². The minimum Gasteiger partial charge on any atom is -0.383 e. The lowest BCUT2D eigenvalue weighted by atomic mass is 10.2. The zero-order valence-electron chi connectivity index (χ0n) is 10.5. The molecule has 0 radical (unpaired) electrons. The standard InChI is InChI=1S/C12H15Cl2NO3S/c1-18-8-9-3-2-6-15(9)19(16,17)10-4-5-11(13)12(14)7-10/h4-5,7,9H,2-3,6,8H2,1H3. The minimum atomic E-state index is -3.54. The van der Waals surface area contributed by atoms with Gasteiger partial charge in [0.2, 0.25) is 10.0 Å². The van der Waals surface area contributed by atoms with E-state index in [9.17, 15) is 8.42 Å². The Hall–Kier alpha value is -0.330. The van der Waals surface area contributed by atoms with Gasteiger partial charge in [0.25, 0.3) is 0 Å². The van der Waals surface area contributed by atoms with E-state index in [1.807, 2.05) is 0 Å². The number of hydrogen-bond donors (Lipinski definition) is 0. The first kappa shape index (κ1) is 15.1. The van der Waals surface area contributed by atoms with Crippen LogP contribution in [0.5, 0.6) is 0 Å². The lowest BCUT2D eigenvalue weighted by Gasteiger charge is -2.23. The van der Waals surface area contributed by atoms with Gasteiger partial charge in [-0.2, -0.15) is 4.31 Å². The zero-order chi connectivity index (χ0) is 14.0. The van der Waals surface area contributed by atoms with Crippen LogP contribution in [0.2, 0.25) is 10.0 Å². The molecule has 1 fully saturated rings. The van der Waals surface area contributed by atoms with Crippen LogP contribution in [0.15, 0.2) is 23.1 Å². The maximum absolute atomic E-state index is 12.6. The molecule has 7 heteroatoms. The summed E-state index contributed by atoms with van der Waals surface area (Å²) in [5.41, 5.74) is 0. The molecule has 1 aromatic rings. The van der Waals surface area contributed by atoms with Gasteiger partial charge in [0, 0.05) is 19.7 Å². The molecule has 1 aliphatic rings. The SMILES string of the molecule is COCC1CCCN1S(=O)(=O)c1ccc(Cl)c(Cl)c1. The molecule has 0 aromatic heterocycles. The molecule has 1 unspecified atom stereocenters. The maximum atomic E-state index is 12.6. The Bertz CT molecular complexity index is 562. The third kappa shape index (κ3) is 3.06. The number of nitrogens with zero attached hydrogens (tertiary/aromatic N) is 1. The van der Waals surface area contributed by atoms with Crippen molar-refractivity contribution in [2.24, 2.45) is 0 Å². The van der Waals surface area contributed by atoms with Gasteiger partial charge in [-0.3, -0.25) is 0 Å². The summed E-state index contributed by atoms with van der Waals surface area (Å²) in [4.78, 5) is 0.171. The lowest BCUT2D eigenvalue weighted by Crippen LogP contribution is -2.38. The van der Waals surface area contributed by atoms with Crippen molar-refractivity contribution < 1.29 is 13.2 Å². The maximum Gasteiger partial charge on any atom is 0.243 e. The summed E-state index contributed by atoms with van der Waals surface area (Å²) in [5.74, 6) is 0. The van der Waals surface area contributed by atoms with Crippen LogP contribution in [0.4, 0.5) is 0 Å². The number of ether oxygens (including phenoxy) is 1. The van der Waals surface area contributed by atoms with Crippen molar-refractivity contribution in [2.75, 3.05) is 20.3 Å². The molecule has 1 heterocycles. The normalized spacial score (nSPS) is 20.9. The fourth-order valence-electron chi connectivity index (χ4n) is 2.26. The Balaban J connectivity index is 2.33. The van der Waals surface area contributed by atoms with Gasteiger partial charge in [0.1, 0.15) is 0 Å². The van der Waals surface area contributed by atoms with Crippen LogP contribution >= 0.6 is 23.2 Å². The second-order valence-electron chi connectivity index (χ2n) is 4.44. The molecule has 1 saturated heterocycles. The molecular formula is C12H15Cl2NO3S. The summed E-state index contributed by atoms with van der Waals surface area (Å²) in [6.07, 6.45) is 1.66. The zero-order valence-corrected chi connectivity index (χ0v) is 12.8. The van der Waals surface area contributed by atoms with Gasteiger partial charge in [-0.1, -0.05) is 23.2 Å². The van der Waals surface area contributed by atoms with Crippen LogP contribution in [-0.4, -0.2) is 39.0 Å². The molecule has 0 N–H and O–H groups in total. The van der Waals surface area contributed by atoms with E-state index in [0.29, 0.717) is 18.2 Å². The quantitative estimate of drug-likeness (QED) is 0.856. The molecule has 106 valence electrons. The van der Waals surface area contributed by atoms with Crippen LogP contribution in [0.3, 0.4) is 0 Å². The first-order chi connectivity index (χ1) is 8.96. The van der Waals surface area contributed by atoms with Gasteiger partial charge in [0.05, 0.1) is 21.5 Å². The Morgan fingerprint density at radius 2 is 2.11 bits per heavy atom. The molecule has 1 atom stereocenters. The lowest BCUT2D eigenvalue weighted by molar-refractivity contribution is 0.149. The van der Waals surface area contributed by atoms with Gasteiger partial charge < -0.3 is 4.74 Å². The van der Waals surface area contributed by atoms with Gasteiger partial charge >= 0.3 is 0 Å². The van der Waals surface area contributed by atoms with Crippen molar-refractivity contribution in [3.63, 3.8) is 0 Å². The van der Waals surface area contributed by atoms with Crippen LogP contribution in [0.25, 0.3) is 0 Å². The molecular weight excluding hydrogens is 309 g/mol. The molecule has 0 spiro atoms. The fraction of sp³-hybridized carbons (Fsp3) is 0.500. The van der Waals surface area contributed by atoms with E-state index in [0.717, 1.165) is 12.8 Å². The molecule has 0 aliphatic carbocycles. The van der Waals surface area contributed by atoms with Crippen LogP contribution in [0.1, 0.15) is 12.8 Å². The summed E-state index contributed by atoms with van der Waals surface area (Å²) in [6.45, 7) is 0.914. The van der Waals surface area contributed by atoms with Crippen molar-refractivity contribution in [1.29, 1.82) is 0 Å². The molecule has 1 aromatic carbocycles. The summed E-state index contributed by atoms with van der Waals surface area (Å²) >= 11 is 11.7. The van der Waals surface area contributed by atoms with Crippen LogP contribution in [-0.2, 0) is 14.8 Å². The van der Waals surface area contributed by atoms with E-state index in [2.05, 4.69) is 0 Å². The highest BCUT2D eigenvalue weighted by Gasteiger charge is 2.35. The van der Waals surface area contributed by atoms with Gasteiger partial charge in [0.15, 0.2) is 0 Å². The molecule has 1 aliphatic heterocycles. The Morgan fingerprint density at radius 1 is 1.37 bits per heavy atom. The largest absolute Gasteiger partial charge is 0.383 e. The number of benzene rings is 1. The van der Waals surface area contributed by atoms with Crippen molar-refractivity contribution in [3.05, 3.63) is 28.2 Å². The Kier molecular flexibility index (Phi) is 4.74. The van der Waals surface area contributed by atoms with Gasteiger partial charge in [-0.15, -0.1) is 0 Å². The molecule has 2 rings (SSSR count). The number of sulfonamides is 1. The number of halogens is 2. The smallest absolute Gasteiger partial charge is 0.243 e. The van der Waals surface area contributed by atoms with E-state index in [1.54, 1.807) is 7.11 Å². The summed E-state index contributed by atoms with van der Waals surface area (Å²) < 4.78 is 31.7. The highest BCUT2D eigenvalue weighted by molar-refractivity contribution is 7.89. The van der Waals surface area contributed by atoms with E-state index < -0.39 is 10.0 Å². The minimum absolute atomic E-state index is 0.107. The fourth-order valence-corrected chi connectivity index (χ4v) is 4.33. The average Bonchev–Trinajstić information content (AvgIpc) is 2.82. The average molecular weight is 324 g/mol. The van der Waals surface area contributed by atoms with Crippen molar-refractivity contribution in [3.8, 4) is 0 Å². The van der Waals surface area contributed by atoms with Crippen molar-refractivity contribution in [1.82, 2.24) is 4.31 Å². The summed E-state index contributed by atoms with van der Waals surface area (Å²) in [5, 5.41) is 0.584. The van der Waals surface area contributed by atoms with E-state index >= 15 is 0 Å². The van der Waals surface area contributed by atoms with E-state index in [4.69, 9.17) is 27.9 Å². The van der Waals surface area contributed by atoms with Gasteiger partial charge in [-0.05, 0) is 31.0 Å². The first-order valence-corrected chi connectivity index (χ1v) is 8.12. The first-order valence-electron chi connectivity index (χ1n) is 5.92.